The standard InChI is InChI=1S/C11H12N4OS/c1-15(11(16)10-7-17-14-13-10)6-8-4-2-3-5-9(8)12/h2-5,7H,6,12H2,1H3. The van der Waals surface area contributed by atoms with Crippen LogP contribution >= 0.6 is 11.5 Å². The first-order valence-electron chi connectivity index (χ1n) is 5.04. The van der Waals surface area contributed by atoms with Crippen molar-refractivity contribution in [1.29, 1.82) is 0 Å². The number of nitrogen functional groups attached to an aromatic ring is 1. The molecule has 1 heterocycles. The van der Waals surface area contributed by atoms with E-state index in [0.717, 1.165) is 17.1 Å². The summed E-state index contributed by atoms with van der Waals surface area (Å²) < 4.78 is 3.67. The summed E-state index contributed by atoms with van der Waals surface area (Å²) in [7, 11) is 1.72. The van der Waals surface area contributed by atoms with Gasteiger partial charge in [-0.3, -0.25) is 4.79 Å². The van der Waals surface area contributed by atoms with Crippen LogP contribution in [0.1, 0.15) is 16.1 Å². The fraction of sp³-hybridized carbons (Fsp3) is 0.182. The van der Waals surface area contributed by atoms with Crippen LogP contribution in [0.2, 0.25) is 0 Å². The van der Waals surface area contributed by atoms with Crippen molar-refractivity contribution >= 4 is 23.1 Å². The van der Waals surface area contributed by atoms with Gasteiger partial charge in [0, 0.05) is 24.7 Å². The first-order valence-corrected chi connectivity index (χ1v) is 5.88. The number of hydrogen-bond donors (Lipinski definition) is 1. The summed E-state index contributed by atoms with van der Waals surface area (Å²) in [6.07, 6.45) is 0. The lowest BCUT2D eigenvalue weighted by Crippen LogP contribution is -2.26. The van der Waals surface area contributed by atoms with Crippen LogP contribution in [-0.2, 0) is 6.54 Å². The Morgan fingerprint density at radius 1 is 1.47 bits per heavy atom. The molecule has 1 aromatic heterocycles. The largest absolute Gasteiger partial charge is 0.398 e. The minimum Gasteiger partial charge on any atom is -0.398 e. The van der Waals surface area contributed by atoms with Gasteiger partial charge in [-0.25, -0.2) is 0 Å². The van der Waals surface area contributed by atoms with Crippen LogP contribution in [0.4, 0.5) is 5.69 Å². The zero-order valence-corrected chi connectivity index (χ0v) is 10.1. The van der Waals surface area contributed by atoms with Gasteiger partial charge in [-0.1, -0.05) is 22.7 Å². The lowest BCUT2D eigenvalue weighted by molar-refractivity contribution is 0.0779. The summed E-state index contributed by atoms with van der Waals surface area (Å²) >= 11 is 1.16. The quantitative estimate of drug-likeness (QED) is 0.833. The minimum absolute atomic E-state index is 0.151. The number of hydrogen-bond acceptors (Lipinski definition) is 5. The molecule has 17 heavy (non-hydrogen) atoms. The molecular weight excluding hydrogens is 236 g/mol. The molecule has 5 nitrogen and oxygen atoms in total. The number of benzene rings is 1. The van der Waals surface area contributed by atoms with Gasteiger partial charge in [-0.05, 0) is 23.2 Å². The van der Waals surface area contributed by atoms with Crippen LogP contribution in [0.5, 0.6) is 0 Å². The molecule has 0 fully saturated rings. The van der Waals surface area contributed by atoms with E-state index in [1.54, 1.807) is 17.3 Å². The van der Waals surface area contributed by atoms with Crippen molar-refractivity contribution < 1.29 is 4.79 Å². The second kappa shape index (κ2) is 4.92. The zero-order valence-electron chi connectivity index (χ0n) is 9.33. The molecule has 2 aromatic rings. The molecule has 0 bridgehead atoms. The van der Waals surface area contributed by atoms with Gasteiger partial charge in [0.15, 0.2) is 5.69 Å². The second-order valence-electron chi connectivity index (χ2n) is 3.65. The van der Waals surface area contributed by atoms with Crippen LogP contribution < -0.4 is 5.73 Å². The number of para-hydroxylation sites is 1. The Morgan fingerprint density at radius 2 is 2.24 bits per heavy atom. The number of nitrogens with zero attached hydrogens (tertiary/aromatic N) is 3. The average Bonchev–Trinajstić information content (AvgIpc) is 2.84. The van der Waals surface area contributed by atoms with E-state index >= 15 is 0 Å². The Balaban J connectivity index is 2.10. The number of aromatic nitrogens is 2. The Labute approximate surface area is 103 Å². The van der Waals surface area contributed by atoms with E-state index in [0.29, 0.717) is 17.9 Å². The van der Waals surface area contributed by atoms with E-state index in [4.69, 9.17) is 5.73 Å². The number of nitrogens with two attached hydrogens (primary N) is 1. The van der Waals surface area contributed by atoms with Crippen LogP contribution in [0, 0.1) is 0 Å². The number of carbonyl (C=O) groups is 1. The second-order valence-corrected chi connectivity index (χ2v) is 4.26. The van der Waals surface area contributed by atoms with E-state index in [9.17, 15) is 4.79 Å². The molecule has 0 saturated carbocycles. The Bertz CT molecular complexity index is 512. The van der Waals surface area contributed by atoms with E-state index < -0.39 is 0 Å². The lowest BCUT2D eigenvalue weighted by Gasteiger charge is -2.16. The van der Waals surface area contributed by atoms with Crippen molar-refractivity contribution in [3.05, 3.63) is 40.9 Å². The molecule has 0 atom stereocenters. The molecule has 1 aromatic carbocycles. The maximum atomic E-state index is 11.9. The van der Waals surface area contributed by atoms with Crippen molar-refractivity contribution in [3.8, 4) is 0 Å². The van der Waals surface area contributed by atoms with E-state index in [1.807, 2.05) is 24.3 Å². The highest BCUT2D eigenvalue weighted by Gasteiger charge is 2.15. The fourth-order valence-electron chi connectivity index (χ4n) is 1.46. The molecule has 6 heteroatoms. The number of carbonyl (C=O) groups excluding carboxylic acids is 1. The van der Waals surface area contributed by atoms with Gasteiger partial charge in [0.05, 0.1) is 0 Å². The molecule has 0 aliphatic heterocycles. The zero-order chi connectivity index (χ0) is 12.3. The van der Waals surface area contributed by atoms with Crippen molar-refractivity contribution in [1.82, 2.24) is 14.5 Å². The van der Waals surface area contributed by atoms with Gasteiger partial charge in [0.25, 0.3) is 5.91 Å². The summed E-state index contributed by atoms with van der Waals surface area (Å²) in [6.45, 7) is 0.461. The smallest absolute Gasteiger partial charge is 0.275 e. The predicted molar refractivity (Wildman–Crippen MR) is 66.6 cm³/mol. The highest BCUT2D eigenvalue weighted by Crippen LogP contribution is 2.13. The van der Waals surface area contributed by atoms with Crippen LogP contribution in [0.3, 0.4) is 0 Å². The molecule has 0 saturated heterocycles. The van der Waals surface area contributed by atoms with Crippen LogP contribution in [0.25, 0.3) is 0 Å². The summed E-state index contributed by atoms with van der Waals surface area (Å²) in [4.78, 5) is 13.5. The Morgan fingerprint density at radius 3 is 2.88 bits per heavy atom. The molecule has 0 spiro atoms. The average molecular weight is 248 g/mol. The number of amides is 1. The Kier molecular flexibility index (Phi) is 3.34. The lowest BCUT2D eigenvalue weighted by atomic mass is 10.1. The molecule has 1 amide bonds. The van der Waals surface area contributed by atoms with Gasteiger partial charge in [-0.15, -0.1) is 5.10 Å². The normalized spacial score (nSPS) is 10.2. The third kappa shape index (κ3) is 2.59. The summed E-state index contributed by atoms with van der Waals surface area (Å²) in [5.41, 5.74) is 7.80. The van der Waals surface area contributed by atoms with E-state index in [1.165, 1.54) is 0 Å². The van der Waals surface area contributed by atoms with Gasteiger partial charge < -0.3 is 10.6 Å². The molecule has 0 aliphatic rings. The van der Waals surface area contributed by atoms with Crippen molar-refractivity contribution in [3.63, 3.8) is 0 Å². The van der Waals surface area contributed by atoms with Gasteiger partial charge in [0.1, 0.15) is 0 Å². The highest BCUT2D eigenvalue weighted by molar-refractivity contribution is 7.03. The molecule has 0 unspecified atom stereocenters. The summed E-state index contributed by atoms with van der Waals surface area (Å²) in [5, 5.41) is 5.38. The Hall–Kier alpha value is -1.95. The van der Waals surface area contributed by atoms with Gasteiger partial charge in [-0.2, -0.15) is 0 Å². The van der Waals surface area contributed by atoms with E-state index in [-0.39, 0.29) is 5.91 Å². The third-order valence-corrected chi connectivity index (χ3v) is 2.89. The maximum Gasteiger partial charge on any atom is 0.275 e. The molecule has 0 radical (unpaired) electrons. The van der Waals surface area contributed by atoms with Crippen molar-refractivity contribution in [2.24, 2.45) is 0 Å². The topological polar surface area (TPSA) is 72.1 Å². The SMILES string of the molecule is CN(Cc1ccccc1N)C(=O)c1csnn1. The number of rotatable bonds is 3. The van der Waals surface area contributed by atoms with Gasteiger partial charge in [0.2, 0.25) is 0 Å². The minimum atomic E-state index is -0.151. The summed E-state index contributed by atoms with van der Waals surface area (Å²) in [5.74, 6) is -0.151. The first kappa shape index (κ1) is 11.5. The maximum absolute atomic E-state index is 11.9. The van der Waals surface area contributed by atoms with Crippen molar-refractivity contribution in [2.45, 2.75) is 6.54 Å². The number of anilines is 1. The molecular formula is C11H12N4OS. The van der Waals surface area contributed by atoms with Gasteiger partial charge >= 0.3 is 0 Å². The molecule has 0 aliphatic carbocycles. The molecule has 88 valence electrons. The molecule has 2 N–H and O–H groups in total. The molecule has 2 rings (SSSR count). The summed E-state index contributed by atoms with van der Waals surface area (Å²) in [6, 6.07) is 7.48. The first-order chi connectivity index (χ1) is 8.18. The van der Waals surface area contributed by atoms with E-state index in [2.05, 4.69) is 9.59 Å². The highest BCUT2D eigenvalue weighted by atomic mass is 32.1. The van der Waals surface area contributed by atoms with Crippen molar-refractivity contribution in [2.75, 3.05) is 12.8 Å². The predicted octanol–water partition coefficient (Wildman–Crippen LogP) is 1.39. The van der Waals surface area contributed by atoms with Crippen LogP contribution in [-0.4, -0.2) is 27.4 Å². The fourth-order valence-corrected chi connectivity index (χ4v) is 1.89. The van der Waals surface area contributed by atoms with Crippen LogP contribution in [0.15, 0.2) is 29.6 Å². The monoisotopic (exact) mass is 248 g/mol. The third-order valence-electron chi connectivity index (χ3n) is 2.39.